The molecule has 2 heterocycles. The number of fused-ring (bicyclic) bond motifs is 1. The van der Waals surface area contributed by atoms with E-state index in [0.29, 0.717) is 28.6 Å². The van der Waals surface area contributed by atoms with Crippen molar-refractivity contribution < 1.29 is 33.8 Å². The SMILES string of the molecule is CC(C)C[C@@H](N)C(=O)NNC(=O)N[C@H](Cc1cn(C(=O)OC(C)(C)C)c2ccccc12)C(=O)N[C@@H](Cc1cnc[nH]1)C(=O)O. The summed E-state index contributed by atoms with van der Waals surface area (Å²) in [6, 6.07) is 2.45. The summed E-state index contributed by atoms with van der Waals surface area (Å²) in [6.45, 7) is 8.99. The summed E-state index contributed by atoms with van der Waals surface area (Å²) in [5.41, 5.74) is 11.0. The van der Waals surface area contributed by atoms with Crippen LogP contribution in [0.15, 0.2) is 43.0 Å². The maximum absolute atomic E-state index is 13.5. The average molecular weight is 613 g/mol. The van der Waals surface area contributed by atoms with Gasteiger partial charge in [-0.2, -0.15) is 0 Å². The van der Waals surface area contributed by atoms with Gasteiger partial charge in [-0.05, 0) is 44.7 Å². The van der Waals surface area contributed by atoms with Crippen LogP contribution in [0.2, 0.25) is 0 Å². The van der Waals surface area contributed by atoms with E-state index >= 15 is 0 Å². The quantitative estimate of drug-likeness (QED) is 0.156. The Balaban J connectivity index is 1.87. The second kappa shape index (κ2) is 14.5. The van der Waals surface area contributed by atoms with Gasteiger partial charge in [-0.3, -0.25) is 19.6 Å². The molecule has 0 bridgehead atoms. The molecular weight excluding hydrogens is 572 g/mol. The number of benzene rings is 1. The minimum atomic E-state index is -1.35. The molecule has 1 aromatic carbocycles. The van der Waals surface area contributed by atoms with Gasteiger partial charge in [0.25, 0.3) is 5.91 Å². The first-order chi connectivity index (χ1) is 20.6. The Hall–Kier alpha value is -4.92. The van der Waals surface area contributed by atoms with Crippen molar-refractivity contribution in [2.75, 3.05) is 0 Å². The number of rotatable bonds is 11. The Morgan fingerprint density at radius 3 is 2.34 bits per heavy atom. The van der Waals surface area contributed by atoms with Gasteiger partial charge in [0.15, 0.2) is 0 Å². The van der Waals surface area contributed by atoms with Crippen LogP contribution in [-0.4, -0.2) is 73.3 Å². The molecule has 0 aliphatic carbocycles. The van der Waals surface area contributed by atoms with E-state index in [2.05, 4.69) is 31.5 Å². The lowest BCUT2D eigenvalue weighted by Gasteiger charge is -2.22. The van der Waals surface area contributed by atoms with Crippen molar-refractivity contribution in [3.63, 3.8) is 0 Å². The molecule has 0 aliphatic heterocycles. The zero-order chi connectivity index (χ0) is 32.6. The highest BCUT2D eigenvalue weighted by molar-refractivity contribution is 5.94. The summed E-state index contributed by atoms with van der Waals surface area (Å²) in [4.78, 5) is 70.3. The summed E-state index contributed by atoms with van der Waals surface area (Å²) in [6.07, 6.45) is 3.82. The van der Waals surface area contributed by atoms with Gasteiger partial charge in [0.1, 0.15) is 17.7 Å². The summed E-state index contributed by atoms with van der Waals surface area (Å²) in [5.74, 6) is -2.60. The van der Waals surface area contributed by atoms with E-state index in [-0.39, 0.29) is 18.8 Å². The summed E-state index contributed by atoms with van der Waals surface area (Å²) in [7, 11) is 0. The van der Waals surface area contributed by atoms with Crippen molar-refractivity contribution in [2.24, 2.45) is 11.7 Å². The van der Waals surface area contributed by atoms with Crippen LogP contribution in [0.4, 0.5) is 9.59 Å². The van der Waals surface area contributed by atoms with Gasteiger partial charge in [0, 0.05) is 36.3 Å². The number of hydrogen-bond acceptors (Lipinski definition) is 8. The van der Waals surface area contributed by atoms with Crippen molar-refractivity contribution in [3.05, 3.63) is 54.2 Å². The number of aromatic amines is 1. The molecule has 0 radical (unpaired) electrons. The number of nitrogens with two attached hydrogens (primary N) is 1. The van der Waals surface area contributed by atoms with Crippen molar-refractivity contribution in [1.29, 1.82) is 0 Å². The van der Waals surface area contributed by atoms with E-state index in [1.807, 2.05) is 13.8 Å². The lowest BCUT2D eigenvalue weighted by molar-refractivity contribution is -0.142. The van der Waals surface area contributed by atoms with Gasteiger partial charge in [0.2, 0.25) is 5.91 Å². The van der Waals surface area contributed by atoms with Gasteiger partial charge in [-0.15, -0.1) is 0 Å². The number of aliphatic carboxylic acids is 1. The molecule has 2 aromatic heterocycles. The molecule has 3 aromatic rings. The Morgan fingerprint density at radius 1 is 1.02 bits per heavy atom. The molecule has 0 saturated heterocycles. The fourth-order valence-corrected chi connectivity index (χ4v) is 4.41. The van der Waals surface area contributed by atoms with E-state index in [1.54, 1.807) is 45.0 Å². The summed E-state index contributed by atoms with van der Waals surface area (Å²) >= 11 is 0. The molecule has 238 valence electrons. The third-order valence-electron chi connectivity index (χ3n) is 6.39. The number of hydrogen-bond donors (Lipinski definition) is 7. The number of carbonyl (C=O) groups is 5. The number of carboxylic acid groups (broad SMARTS) is 1. The lowest BCUT2D eigenvalue weighted by atomic mass is 10.0. The molecule has 0 spiro atoms. The number of nitrogens with zero attached hydrogens (tertiary/aromatic N) is 2. The monoisotopic (exact) mass is 612 g/mol. The van der Waals surface area contributed by atoms with Gasteiger partial charge in [0.05, 0.1) is 17.9 Å². The van der Waals surface area contributed by atoms with E-state index < -0.39 is 53.6 Å². The van der Waals surface area contributed by atoms with Crippen molar-refractivity contribution in [3.8, 4) is 0 Å². The Bertz CT molecular complexity index is 1480. The fourth-order valence-electron chi connectivity index (χ4n) is 4.41. The minimum absolute atomic E-state index is 0.0955. The molecule has 4 amide bonds. The fraction of sp³-hybridized carbons (Fsp3) is 0.448. The molecule has 0 aliphatic rings. The van der Waals surface area contributed by atoms with Crippen LogP contribution in [0.1, 0.15) is 52.3 Å². The zero-order valence-electron chi connectivity index (χ0n) is 25.3. The zero-order valence-corrected chi connectivity index (χ0v) is 25.3. The smallest absolute Gasteiger partial charge is 0.419 e. The molecule has 15 nitrogen and oxygen atoms in total. The number of carbonyl (C=O) groups excluding carboxylic acids is 4. The van der Waals surface area contributed by atoms with Crippen LogP contribution < -0.4 is 27.2 Å². The maximum Gasteiger partial charge on any atom is 0.419 e. The first kappa shape index (κ1) is 33.6. The molecule has 3 rings (SSSR count). The predicted octanol–water partition coefficient (Wildman–Crippen LogP) is 1.57. The van der Waals surface area contributed by atoms with Crippen LogP contribution in [0.5, 0.6) is 0 Å². The number of H-pyrrole nitrogens is 1. The minimum Gasteiger partial charge on any atom is -0.480 e. The second-order valence-electron chi connectivity index (χ2n) is 11.8. The molecule has 0 saturated carbocycles. The topological polar surface area (TPSA) is 223 Å². The number of ether oxygens (including phenoxy) is 1. The number of amides is 4. The van der Waals surface area contributed by atoms with Crippen LogP contribution >= 0.6 is 0 Å². The summed E-state index contributed by atoms with van der Waals surface area (Å²) in [5, 5.41) is 15.3. The number of nitrogens with one attached hydrogen (secondary N) is 5. The number of urea groups is 1. The van der Waals surface area contributed by atoms with Gasteiger partial charge in [-0.1, -0.05) is 32.0 Å². The lowest BCUT2D eigenvalue weighted by Crippen LogP contribution is -2.58. The Kier molecular flexibility index (Phi) is 11.1. The van der Waals surface area contributed by atoms with Gasteiger partial charge < -0.3 is 31.2 Å². The molecule has 0 fully saturated rings. The predicted molar refractivity (Wildman–Crippen MR) is 160 cm³/mol. The highest BCUT2D eigenvalue weighted by atomic mass is 16.6. The first-order valence-electron chi connectivity index (χ1n) is 14.1. The van der Waals surface area contributed by atoms with E-state index in [0.717, 1.165) is 0 Å². The van der Waals surface area contributed by atoms with Crippen LogP contribution in [0.25, 0.3) is 10.9 Å². The molecule has 3 atom stereocenters. The van der Waals surface area contributed by atoms with Crippen molar-refractivity contribution in [1.82, 2.24) is 36.0 Å². The largest absolute Gasteiger partial charge is 0.480 e. The second-order valence-corrected chi connectivity index (χ2v) is 11.8. The number of aromatic nitrogens is 3. The molecule has 15 heteroatoms. The Morgan fingerprint density at radius 2 is 1.73 bits per heavy atom. The normalized spacial score (nSPS) is 13.5. The highest BCUT2D eigenvalue weighted by Gasteiger charge is 2.29. The van der Waals surface area contributed by atoms with Crippen molar-refractivity contribution in [2.45, 2.75) is 77.6 Å². The van der Waals surface area contributed by atoms with Crippen LogP contribution in [0.3, 0.4) is 0 Å². The average Bonchev–Trinajstić information content (AvgIpc) is 3.57. The number of para-hydroxylation sites is 1. The number of imidazole rings is 1. The van der Waals surface area contributed by atoms with Gasteiger partial charge >= 0.3 is 18.1 Å². The third-order valence-corrected chi connectivity index (χ3v) is 6.39. The van der Waals surface area contributed by atoms with E-state index in [1.165, 1.54) is 23.3 Å². The maximum atomic E-state index is 13.5. The molecular formula is C29H40N8O7. The van der Waals surface area contributed by atoms with E-state index in [9.17, 15) is 29.1 Å². The van der Waals surface area contributed by atoms with Gasteiger partial charge in [-0.25, -0.2) is 24.8 Å². The summed E-state index contributed by atoms with van der Waals surface area (Å²) < 4.78 is 6.84. The van der Waals surface area contributed by atoms with Crippen LogP contribution in [0, 0.1) is 5.92 Å². The Labute approximate surface area is 254 Å². The molecule has 8 N–H and O–H groups in total. The standard InChI is InChI=1S/C29H40N8O7/c1-16(2)10-20(30)24(38)35-36-27(42)34-21(25(39)33-22(26(40)41)12-18-13-31-15-32-18)11-17-14-37(28(43)44-29(3,4)5)23-9-7-6-8-19(17)23/h6-9,13-16,20-22H,10-12,30H2,1-5H3,(H,31,32)(H,33,39)(H,35,38)(H,40,41)(H2,34,36,42)/t20-,21-,22+/m1/s1. The van der Waals surface area contributed by atoms with E-state index in [4.69, 9.17) is 10.5 Å². The number of hydrazine groups is 1. The molecule has 44 heavy (non-hydrogen) atoms. The molecule has 0 unspecified atom stereocenters. The van der Waals surface area contributed by atoms with Crippen molar-refractivity contribution >= 4 is 40.8 Å². The first-order valence-corrected chi connectivity index (χ1v) is 14.1. The van der Waals surface area contributed by atoms with Crippen LogP contribution in [-0.2, 0) is 32.0 Å². The highest BCUT2D eigenvalue weighted by Crippen LogP contribution is 2.24. The number of carboxylic acids is 1. The third kappa shape index (κ3) is 9.55.